The minimum Gasteiger partial charge on any atom is -0.465 e. The molecule has 1 heterocycles. The Morgan fingerprint density at radius 2 is 1.94 bits per heavy atom. The minimum absolute atomic E-state index is 0.0111. The molecule has 0 aliphatic carbocycles. The van der Waals surface area contributed by atoms with Crippen LogP contribution in [0.4, 0.5) is 0 Å². The van der Waals surface area contributed by atoms with Crippen LogP contribution in [0.2, 0.25) is 0 Å². The Kier molecular flexibility index (Phi) is 5.84. The molecule has 5 nitrogen and oxygen atoms in total. The average Bonchev–Trinajstić information content (AvgIpc) is 2.39. The van der Waals surface area contributed by atoms with Gasteiger partial charge in [-0.2, -0.15) is 0 Å². The summed E-state index contributed by atoms with van der Waals surface area (Å²) in [7, 11) is 0. The van der Waals surface area contributed by atoms with E-state index >= 15 is 0 Å². The second-order valence-electron chi connectivity index (χ2n) is 3.77. The van der Waals surface area contributed by atoms with Crippen LogP contribution in [-0.4, -0.2) is 41.5 Å². The Bertz CT molecular complexity index is 392. The molecule has 1 aromatic heterocycles. The van der Waals surface area contributed by atoms with Gasteiger partial charge in [0.25, 0.3) is 5.91 Å². The van der Waals surface area contributed by atoms with E-state index in [0.717, 1.165) is 6.42 Å². The molecule has 98 valence electrons. The van der Waals surface area contributed by atoms with Gasteiger partial charge in [-0.05, 0) is 25.5 Å². The van der Waals surface area contributed by atoms with Gasteiger partial charge in [-0.3, -0.25) is 14.6 Å². The maximum atomic E-state index is 12.2. The van der Waals surface area contributed by atoms with Crippen LogP contribution in [0.1, 0.15) is 30.6 Å². The summed E-state index contributed by atoms with van der Waals surface area (Å²) >= 11 is 0. The Morgan fingerprint density at radius 1 is 1.28 bits per heavy atom. The lowest BCUT2D eigenvalue weighted by molar-refractivity contribution is -0.143. The highest BCUT2D eigenvalue weighted by atomic mass is 16.5. The van der Waals surface area contributed by atoms with E-state index in [4.69, 9.17) is 4.74 Å². The van der Waals surface area contributed by atoms with Crippen molar-refractivity contribution in [2.24, 2.45) is 0 Å². The molecule has 0 N–H and O–H groups in total. The maximum Gasteiger partial charge on any atom is 0.325 e. The van der Waals surface area contributed by atoms with E-state index in [-0.39, 0.29) is 18.4 Å². The summed E-state index contributed by atoms with van der Waals surface area (Å²) in [6, 6.07) is 3.27. The number of carbonyl (C=O) groups excluding carboxylic acids is 2. The molecule has 0 bridgehead atoms. The number of ether oxygens (including phenoxy) is 1. The molecule has 0 spiro atoms. The molecular weight excluding hydrogens is 232 g/mol. The van der Waals surface area contributed by atoms with Gasteiger partial charge in [-0.15, -0.1) is 0 Å². The molecule has 0 radical (unpaired) electrons. The van der Waals surface area contributed by atoms with Crippen molar-refractivity contribution in [1.29, 1.82) is 0 Å². The first-order chi connectivity index (χ1) is 8.69. The van der Waals surface area contributed by atoms with E-state index in [1.807, 2.05) is 6.92 Å². The van der Waals surface area contributed by atoms with Gasteiger partial charge in [-0.25, -0.2) is 0 Å². The van der Waals surface area contributed by atoms with Crippen LogP contribution in [0, 0.1) is 0 Å². The fourth-order valence-corrected chi connectivity index (χ4v) is 1.56. The normalized spacial score (nSPS) is 9.89. The first-order valence-electron chi connectivity index (χ1n) is 6.04. The molecule has 0 aromatic carbocycles. The summed E-state index contributed by atoms with van der Waals surface area (Å²) in [5.41, 5.74) is 0.530. The summed E-state index contributed by atoms with van der Waals surface area (Å²) in [5.74, 6) is -0.555. The molecule has 0 atom stereocenters. The Labute approximate surface area is 107 Å². The van der Waals surface area contributed by atoms with Gasteiger partial charge in [0.05, 0.1) is 6.61 Å². The van der Waals surface area contributed by atoms with Crippen molar-refractivity contribution in [3.63, 3.8) is 0 Å². The Hall–Kier alpha value is -1.91. The van der Waals surface area contributed by atoms with Crippen LogP contribution >= 0.6 is 0 Å². The third-order valence-corrected chi connectivity index (χ3v) is 2.33. The zero-order valence-corrected chi connectivity index (χ0v) is 10.8. The molecule has 1 aromatic rings. The van der Waals surface area contributed by atoms with Gasteiger partial charge in [0.15, 0.2) is 0 Å². The van der Waals surface area contributed by atoms with Gasteiger partial charge >= 0.3 is 5.97 Å². The molecule has 1 amide bonds. The summed E-state index contributed by atoms with van der Waals surface area (Å²) in [6.07, 6.45) is 3.90. The average molecular weight is 250 g/mol. The van der Waals surface area contributed by atoms with Crippen molar-refractivity contribution in [2.75, 3.05) is 19.7 Å². The molecule has 0 aliphatic rings. The van der Waals surface area contributed by atoms with E-state index < -0.39 is 0 Å². The van der Waals surface area contributed by atoms with Crippen LogP contribution in [0.3, 0.4) is 0 Å². The number of aromatic nitrogens is 1. The van der Waals surface area contributed by atoms with Crippen molar-refractivity contribution in [3.8, 4) is 0 Å². The molecule has 0 saturated heterocycles. The van der Waals surface area contributed by atoms with Gasteiger partial charge in [0.2, 0.25) is 0 Å². The van der Waals surface area contributed by atoms with Crippen molar-refractivity contribution in [2.45, 2.75) is 20.3 Å². The van der Waals surface area contributed by atoms with E-state index in [1.165, 1.54) is 4.90 Å². The van der Waals surface area contributed by atoms with Crippen molar-refractivity contribution in [3.05, 3.63) is 30.1 Å². The van der Waals surface area contributed by atoms with Crippen LogP contribution in [0.5, 0.6) is 0 Å². The van der Waals surface area contributed by atoms with E-state index in [0.29, 0.717) is 18.7 Å². The third-order valence-electron chi connectivity index (χ3n) is 2.33. The first kappa shape index (κ1) is 14.2. The zero-order chi connectivity index (χ0) is 13.4. The van der Waals surface area contributed by atoms with Gasteiger partial charge in [-0.1, -0.05) is 6.92 Å². The predicted molar refractivity (Wildman–Crippen MR) is 67.1 cm³/mol. The monoisotopic (exact) mass is 250 g/mol. The lowest BCUT2D eigenvalue weighted by Crippen LogP contribution is -2.37. The second kappa shape index (κ2) is 7.42. The number of carbonyl (C=O) groups is 2. The molecule has 0 fully saturated rings. The molecular formula is C13H18N2O3. The van der Waals surface area contributed by atoms with E-state index in [1.54, 1.807) is 31.5 Å². The Balaban J connectivity index is 2.72. The maximum absolute atomic E-state index is 12.2. The standard InChI is InChI=1S/C13H18N2O3/c1-3-9-15(10-12(16)18-4-2)13(17)11-5-7-14-8-6-11/h5-8H,3-4,9-10H2,1-2H3. The van der Waals surface area contributed by atoms with E-state index in [2.05, 4.69) is 4.98 Å². The van der Waals surface area contributed by atoms with Crippen molar-refractivity contribution >= 4 is 11.9 Å². The predicted octanol–water partition coefficient (Wildman–Crippen LogP) is 1.50. The SMILES string of the molecule is CCCN(CC(=O)OCC)C(=O)c1ccncc1. The van der Waals surface area contributed by atoms with Crippen molar-refractivity contribution in [1.82, 2.24) is 9.88 Å². The fourth-order valence-electron chi connectivity index (χ4n) is 1.56. The number of rotatable bonds is 6. The number of hydrogen-bond acceptors (Lipinski definition) is 4. The summed E-state index contributed by atoms with van der Waals surface area (Å²) in [4.78, 5) is 29.0. The smallest absolute Gasteiger partial charge is 0.325 e. The van der Waals surface area contributed by atoms with Gasteiger partial charge in [0, 0.05) is 24.5 Å². The van der Waals surface area contributed by atoms with Crippen molar-refractivity contribution < 1.29 is 14.3 Å². The summed E-state index contributed by atoms with van der Waals surface area (Å²) < 4.78 is 4.86. The molecule has 5 heteroatoms. The van der Waals surface area contributed by atoms with Gasteiger partial charge < -0.3 is 9.64 Å². The lowest BCUT2D eigenvalue weighted by Gasteiger charge is -2.20. The number of nitrogens with zero attached hydrogens (tertiary/aromatic N) is 2. The van der Waals surface area contributed by atoms with Gasteiger partial charge in [0.1, 0.15) is 6.54 Å². The van der Waals surface area contributed by atoms with Crippen LogP contribution in [0.15, 0.2) is 24.5 Å². The number of esters is 1. The third kappa shape index (κ3) is 4.16. The molecule has 0 saturated carbocycles. The fraction of sp³-hybridized carbons (Fsp3) is 0.462. The Morgan fingerprint density at radius 3 is 2.50 bits per heavy atom. The minimum atomic E-state index is -0.381. The molecule has 0 unspecified atom stereocenters. The number of hydrogen-bond donors (Lipinski definition) is 0. The lowest BCUT2D eigenvalue weighted by atomic mass is 10.2. The van der Waals surface area contributed by atoms with Crippen LogP contribution in [-0.2, 0) is 9.53 Å². The number of amides is 1. The highest BCUT2D eigenvalue weighted by molar-refractivity contribution is 5.95. The molecule has 18 heavy (non-hydrogen) atoms. The van der Waals surface area contributed by atoms with Crippen LogP contribution in [0.25, 0.3) is 0 Å². The van der Waals surface area contributed by atoms with E-state index in [9.17, 15) is 9.59 Å². The second-order valence-corrected chi connectivity index (χ2v) is 3.77. The molecule has 0 aliphatic heterocycles. The molecule has 1 rings (SSSR count). The number of pyridine rings is 1. The summed E-state index contributed by atoms with van der Waals surface area (Å²) in [5, 5.41) is 0. The largest absolute Gasteiger partial charge is 0.465 e. The topological polar surface area (TPSA) is 59.5 Å². The summed E-state index contributed by atoms with van der Waals surface area (Å²) in [6.45, 7) is 4.54. The highest BCUT2D eigenvalue weighted by Gasteiger charge is 2.18. The highest BCUT2D eigenvalue weighted by Crippen LogP contribution is 2.04. The first-order valence-corrected chi connectivity index (χ1v) is 6.04. The van der Waals surface area contributed by atoms with Crippen LogP contribution < -0.4 is 0 Å². The zero-order valence-electron chi connectivity index (χ0n) is 10.8. The quantitative estimate of drug-likeness (QED) is 0.718.